The van der Waals surface area contributed by atoms with E-state index < -0.39 is 12.1 Å². The van der Waals surface area contributed by atoms with E-state index in [9.17, 15) is 9.59 Å². The molecule has 1 aromatic rings. The van der Waals surface area contributed by atoms with Gasteiger partial charge in [-0.2, -0.15) is 0 Å². The molecular formula is C14H17NO4. The molecule has 0 bridgehead atoms. The normalized spacial score (nSPS) is 19.2. The lowest BCUT2D eigenvalue weighted by atomic mass is 10.1. The number of carboxylic acids is 1. The summed E-state index contributed by atoms with van der Waals surface area (Å²) in [6.45, 7) is 2.84. The first kappa shape index (κ1) is 13.5. The fraction of sp³-hybridized carbons (Fsp3) is 0.429. The number of morpholine rings is 1. The summed E-state index contributed by atoms with van der Waals surface area (Å²) in [5, 5.41) is 8.90. The number of hydrogen-bond acceptors (Lipinski definition) is 3. The van der Waals surface area contributed by atoms with Crippen LogP contribution in [0, 0.1) is 6.92 Å². The maximum Gasteiger partial charge on any atom is 0.334 e. The summed E-state index contributed by atoms with van der Waals surface area (Å²) in [7, 11) is 0. The van der Waals surface area contributed by atoms with Gasteiger partial charge in [0.25, 0.3) is 0 Å². The monoisotopic (exact) mass is 263 g/mol. The predicted octanol–water partition coefficient (Wildman–Crippen LogP) is 0.850. The molecule has 0 radical (unpaired) electrons. The Bertz CT molecular complexity index is 469. The van der Waals surface area contributed by atoms with Crippen LogP contribution >= 0.6 is 0 Å². The molecule has 1 aliphatic heterocycles. The third kappa shape index (κ3) is 3.54. The quantitative estimate of drug-likeness (QED) is 0.878. The van der Waals surface area contributed by atoms with Crippen LogP contribution in [0.3, 0.4) is 0 Å². The van der Waals surface area contributed by atoms with E-state index in [0.29, 0.717) is 13.0 Å². The summed E-state index contributed by atoms with van der Waals surface area (Å²) >= 11 is 0. The number of ether oxygens (including phenoxy) is 1. The standard InChI is InChI=1S/C14H17NO4/c1-10-2-4-11(5-3-10)8-13(16)15-6-7-19-12(9-15)14(17)18/h2-5,12H,6-9H2,1H3,(H,17,18). The first-order chi connectivity index (χ1) is 9.06. The maximum absolute atomic E-state index is 12.1. The number of hydrogen-bond donors (Lipinski definition) is 1. The zero-order valence-corrected chi connectivity index (χ0v) is 10.8. The van der Waals surface area contributed by atoms with Crippen molar-refractivity contribution in [2.24, 2.45) is 0 Å². The number of aliphatic carboxylic acids is 1. The number of amides is 1. The summed E-state index contributed by atoms with van der Waals surface area (Å²) in [6, 6.07) is 7.76. The van der Waals surface area contributed by atoms with Crippen LogP contribution in [-0.4, -0.2) is 47.7 Å². The zero-order valence-electron chi connectivity index (χ0n) is 10.8. The minimum absolute atomic E-state index is 0.0570. The van der Waals surface area contributed by atoms with Gasteiger partial charge in [-0.05, 0) is 12.5 Å². The molecule has 0 saturated carbocycles. The van der Waals surface area contributed by atoms with E-state index in [1.54, 1.807) is 4.90 Å². The van der Waals surface area contributed by atoms with Gasteiger partial charge in [0.1, 0.15) is 0 Å². The van der Waals surface area contributed by atoms with E-state index >= 15 is 0 Å². The molecule has 1 saturated heterocycles. The molecule has 1 aliphatic rings. The van der Waals surface area contributed by atoms with Gasteiger partial charge in [0.2, 0.25) is 5.91 Å². The number of aryl methyl sites for hydroxylation is 1. The molecule has 0 aliphatic carbocycles. The van der Waals surface area contributed by atoms with E-state index in [0.717, 1.165) is 11.1 Å². The molecule has 1 fully saturated rings. The second kappa shape index (κ2) is 5.84. The van der Waals surface area contributed by atoms with Crippen LogP contribution in [0.5, 0.6) is 0 Å². The van der Waals surface area contributed by atoms with Crippen LogP contribution in [0.4, 0.5) is 0 Å². The van der Waals surface area contributed by atoms with Crippen molar-refractivity contribution in [3.05, 3.63) is 35.4 Å². The Kier molecular flexibility index (Phi) is 4.16. The van der Waals surface area contributed by atoms with E-state index in [2.05, 4.69) is 0 Å². The highest BCUT2D eigenvalue weighted by molar-refractivity contribution is 5.80. The Morgan fingerprint density at radius 2 is 2.05 bits per heavy atom. The van der Waals surface area contributed by atoms with Gasteiger partial charge < -0.3 is 14.7 Å². The highest BCUT2D eigenvalue weighted by atomic mass is 16.5. The summed E-state index contributed by atoms with van der Waals surface area (Å²) in [5.41, 5.74) is 2.09. The van der Waals surface area contributed by atoms with Crippen molar-refractivity contribution in [2.75, 3.05) is 19.7 Å². The van der Waals surface area contributed by atoms with Gasteiger partial charge in [0.05, 0.1) is 19.6 Å². The molecule has 1 heterocycles. The Hall–Kier alpha value is -1.88. The minimum Gasteiger partial charge on any atom is -0.479 e. The van der Waals surface area contributed by atoms with Crippen LogP contribution in [-0.2, 0) is 20.7 Å². The number of rotatable bonds is 3. The molecule has 0 aromatic heterocycles. The number of carbonyl (C=O) groups excluding carboxylic acids is 1. The molecule has 2 rings (SSSR count). The molecule has 0 spiro atoms. The number of carbonyl (C=O) groups is 2. The van der Waals surface area contributed by atoms with Crippen molar-refractivity contribution in [3.63, 3.8) is 0 Å². The van der Waals surface area contributed by atoms with Crippen LogP contribution in [0.15, 0.2) is 24.3 Å². The summed E-state index contributed by atoms with van der Waals surface area (Å²) < 4.78 is 5.09. The molecule has 5 nitrogen and oxygen atoms in total. The first-order valence-corrected chi connectivity index (χ1v) is 6.24. The van der Waals surface area contributed by atoms with Crippen molar-refractivity contribution in [1.29, 1.82) is 0 Å². The van der Waals surface area contributed by atoms with Crippen molar-refractivity contribution >= 4 is 11.9 Å². The molecule has 102 valence electrons. The minimum atomic E-state index is -1.02. The fourth-order valence-electron chi connectivity index (χ4n) is 2.02. The molecular weight excluding hydrogens is 246 g/mol. The molecule has 19 heavy (non-hydrogen) atoms. The average molecular weight is 263 g/mol. The van der Waals surface area contributed by atoms with Gasteiger partial charge in [-0.25, -0.2) is 4.79 Å². The van der Waals surface area contributed by atoms with Crippen LogP contribution < -0.4 is 0 Å². The van der Waals surface area contributed by atoms with Crippen LogP contribution in [0.25, 0.3) is 0 Å². The van der Waals surface area contributed by atoms with E-state index in [4.69, 9.17) is 9.84 Å². The number of benzene rings is 1. The Balaban J connectivity index is 1.96. The van der Waals surface area contributed by atoms with Gasteiger partial charge in [-0.1, -0.05) is 29.8 Å². The molecule has 1 aromatic carbocycles. The maximum atomic E-state index is 12.1. The van der Waals surface area contributed by atoms with Gasteiger partial charge in [-0.15, -0.1) is 0 Å². The van der Waals surface area contributed by atoms with Gasteiger partial charge in [-0.3, -0.25) is 4.79 Å². The van der Waals surface area contributed by atoms with Gasteiger partial charge in [0, 0.05) is 6.54 Å². The van der Waals surface area contributed by atoms with Gasteiger partial charge >= 0.3 is 5.97 Å². The van der Waals surface area contributed by atoms with Crippen LogP contribution in [0.2, 0.25) is 0 Å². The molecule has 1 amide bonds. The Morgan fingerprint density at radius 3 is 2.68 bits per heavy atom. The van der Waals surface area contributed by atoms with Crippen molar-refractivity contribution in [3.8, 4) is 0 Å². The number of nitrogens with zero attached hydrogens (tertiary/aromatic N) is 1. The third-order valence-electron chi connectivity index (χ3n) is 3.17. The molecule has 1 unspecified atom stereocenters. The smallest absolute Gasteiger partial charge is 0.334 e. The second-order valence-corrected chi connectivity index (χ2v) is 4.70. The summed E-state index contributed by atoms with van der Waals surface area (Å²) in [4.78, 5) is 24.5. The lowest BCUT2D eigenvalue weighted by Gasteiger charge is -2.31. The van der Waals surface area contributed by atoms with E-state index in [1.165, 1.54) is 0 Å². The average Bonchev–Trinajstić information content (AvgIpc) is 2.41. The van der Waals surface area contributed by atoms with Gasteiger partial charge in [0.15, 0.2) is 6.10 Å². The van der Waals surface area contributed by atoms with Crippen LogP contribution in [0.1, 0.15) is 11.1 Å². The number of carboxylic acid groups (broad SMARTS) is 1. The Morgan fingerprint density at radius 1 is 1.37 bits per heavy atom. The van der Waals surface area contributed by atoms with Crippen molar-refractivity contribution in [1.82, 2.24) is 4.90 Å². The fourth-order valence-corrected chi connectivity index (χ4v) is 2.02. The Labute approximate surface area is 111 Å². The highest BCUT2D eigenvalue weighted by Crippen LogP contribution is 2.10. The van der Waals surface area contributed by atoms with Crippen molar-refractivity contribution < 1.29 is 19.4 Å². The largest absolute Gasteiger partial charge is 0.479 e. The lowest BCUT2D eigenvalue weighted by Crippen LogP contribution is -2.49. The topological polar surface area (TPSA) is 66.8 Å². The summed E-state index contributed by atoms with van der Waals surface area (Å²) in [6.07, 6.45) is -0.609. The molecule has 1 atom stereocenters. The zero-order chi connectivity index (χ0) is 13.8. The SMILES string of the molecule is Cc1ccc(CC(=O)N2CCOC(C(=O)O)C2)cc1. The predicted molar refractivity (Wildman–Crippen MR) is 68.8 cm³/mol. The molecule has 1 N–H and O–H groups in total. The summed E-state index contributed by atoms with van der Waals surface area (Å²) in [5.74, 6) is -1.08. The van der Waals surface area contributed by atoms with E-state index in [-0.39, 0.29) is 19.1 Å². The molecule has 5 heteroatoms. The van der Waals surface area contributed by atoms with E-state index in [1.807, 2.05) is 31.2 Å². The lowest BCUT2D eigenvalue weighted by molar-refractivity contribution is -0.159. The second-order valence-electron chi connectivity index (χ2n) is 4.70. The van der Waals surface area contributed by atoms with Crippen molar-refractivity contribution in [2.45, 2.75) is 19.4 Å². The first-order valence-electron chi connectivity index (χ1n) is 6.24. The highest BCUT2D eigenvalue weighted by Gasteiger charge is 2.28. The third-order valence-corrected chi connectivity index (χ3v) is 3.17.